The summed E-state index contributed by atoms with van der Waals surface area (Å²) in [5.74, 6) is -0.309. The zero-order chi connectivity index (χ0) is 12.3. The molecule has 0 spiro atoms. The lowest BCUT2D eigenvalue weighted by Crippen LogP contribution is -2.18. The van der Waals surface area contributed by atoms with E-state index in [-0.39, 0.29) is 11.9 Å². The van der Waals surface area contributed by atoms with E-state index in [1.165, 1.54) is 17.1 Å². The van der Waals surface area contributed by atoms with Gasteiger partial charge in [-0.05, 0) is 26.0 Å². The Morgan fingerprint density at radius 1 is 1.35 bits per heavy atom. The van der Waals surface area contributed by atoms with Crippen LogP contribution < -0.4 is 5.32 Å². The summed E-state index contributed by atoms with van der Waals surface area (Å²) in [6.07, 6.45) is 3.10. The smallest absolute Gasteiger partial charge is 0.141 e. The fourth-order valence-electron chi connectivity index (χ4n) is 1.47. The zero-order valence-corrected chi connectivity index (χ0v) is 10.6. The summed E-state index contributed by atoms with van der Waals surface area (Å²) in [7, 11) is 0. The first-order valence-electron chi connectivity index (χ1n) is 5.41. The van der Waals surface area contributed by atoms with Crippen molar-refractivity contribution in [3.05, 3.63) is 45.9 Å². The van der Waals surface area contributed by atoms with Gasteiger partial charge in [-0.3, -0.25) is 4.98 Å². The topological polar surface area (TPSA) is 37.8 Å². The molecule has 90 valence electrons. The average Bonchev–Trinajstić information content (AvgIpc) is 2.73. The van der Waals surface area contributed by atoms with Crippen LogP contribution in [0, 0.1) is 12.7 Å². The maximum Gasteiger partial charge on any atom is 0.141 e. The number of nitrogens with zero attached hydrogens (tertiary/aromatic N) is 2. The zero-order valence-electron chi connectivity index (χ0n) is 9.77. The highest BCUT2D eigenvalue weighted by Gasteiger charge is 2.07. The number of pyridine rings is 1. The van der Waals surface area contributed by atoms with Gasteiger partial charge in [0.15, 0.2) is 0 Å². The number of aryl methyl sites for hydroxylation is 1. The molecule has 2 rings (SSSR count). The van der Waals surface area contributed by atoms with Gasteiger partial charge in [-0.25, -0.2) is 9.37 Å². The van der Waals surface area contributed by atoms with Crippen molar-refractivity contribution in [2.45, 2.75) is 26.4 Å². The van der Waals surface area contributed by atoms with E-state index in [2.05, 4.69) is 15.3 Å². The molecule has 0 saturated heterocycles. The molecule has 0 amide bonds. The van der Waals surface area contributed by atoms with Crippen LogP contribution in [0.25, 0.3) is 0 Å². The van der Waals surface area contributed by atoms with E-state index < -0.39 is 0 Å². The molecular formula is C12H14FN3S. The quantitative estimate of drug-likeness (QED) is 0.908. The summed E-state index contributed by atoms with van der Waals surface area (Å²) >= 11 is 1.67. The molecule has 2 aromatic rings. The van der Waals surface area contributed by atoms with E-state index in [1.807, 2.05) is 20.0 Å². The maximum atomic E-state index is 12.7. The second-order valence-corrected chi connectivity index (χ2v) is 5.19. The van der Waals surface area contributed by atoms with E-state index in [4.69, 9.17) is 0 Å². The highest BCUT2D eigenvalue weighted by molar-refractivity contribution is 7.11. The lowest BCUT2D eigenvalue weighted by Gasteiger charge is -2.11. The number of halogens is 1. The van der Waals surface area contributed by atoms with Gasteiger partial charge in [-0.2, -0.15) is 0 Å². The van der Waals surface area contributed by atoms with E-state index in [0.29, 0.717) is 6.54 Å². The van der Waals surface area contributed by atoms with Gasteiger partial charge in [0.25, 0.3) is 0 Å². The summed E-state index contributed by atoms with van der Waals surface area (Å²) in [6, 6.07) is 3.20. The Labute approximate surface area is 104 Å². The van der Waals surface area contributed by atoms with Crippen LogP contribution in [0.15, 0.2) is 24.5 Å². The molecule has 1 N–H and O–H groups in total. The van der Waals surface area contributed by atoms with Crippen LogP contribution in [0.5, 0.6) is 0 Å². The molecule has 0 aliphatic carbocycles. The molecule has 3 nitrogen and oxygen atoms in total. The van der Waals surface area contributed by atoms with Gasteiger partial charge in [0, 0.05) is 23.7 Å². The third kappa shape index (κ3) is 3.31. The normalized spacial score (nSPS) is 12.6. The minimum Gasteiger partial charge on any atom is -0.302 e. The number of rotatable bonds is 4. The molecule has 17 heavy (non-hydrogen) atoms. The molecule has 0 aliphatic rings. The first kappa shape index (κ1) is 12.1. The minimum absolute atomic E-state index is 0.0832. The molecule has 0 saturated carbocycles. The largest absolute Gasteiger partial charge is 0.302 e. The van der Waals surface area contributed by atoms with Crippen LogP contribution in [0.1, 0.15) is 28.5 Å². The van der Waals surface area contributed by atoms with Crippen molar-refractivity contribution in [1.82, 2.24) is 15.3 Å². The highest BCUT2D eigenvalue weighted by Crippen LogP contribution is 2.14. The summed E-state index contributed by atoms with van der Waals surface area (Å²) in [6.45, 7) is 4.74. The highest BCUT2D eigenvalue weighted by atomic mass is 32.1. The molecule has 0 aliphatic heterocycles. The van der Waals surface area contributed by atoms with Crippen molar-refractivity contribution in [1.29, 1.82) is 0 Å². The van der Waals surface area contributed by atoms with E-state index >= 15 is 0 Å². The fraction of sp³-hybridized carbons (Fsp3) is 0.333. The Balaban J connectivity index is 1.93. The first-order chi connectivity index (χ1) is 8.15. The van der Waals surface area contributed by atoms with Gasteiger partial charge in [0.05, 0.1) is 11.9 Å². The van der Waals surface area contributed by atoms with Crippen molar-refractivity contribution >= 4 is 11.3 Å². The van der Waals surface area contributed by atoms with E-state index in [9.17, 15) is 4.39 Å². The van der Waals surface area contributed by atoms with Gasteiger partial charge >= 0.3 is 0 Å². The predicted octanol–water partition coefficient (Wildman–Crippen LogP) is 2.84. The molecule has 0 bridgehead atoms. The molecule has 0 radical (unpaired) electrons. The average molecular weight is 251 g/mol. The third-order valence-corrected chi connectivity index (χ3v) is 3.34. The van der Waals surface area contributed by atoms with Crippen LogP contribution in [-0.4, -0.2) is 9.97 Å². The Morgan fingerprint density at radius 3 is 2.76 bits per heavy atom. The molecule has 0 aromatic carbocycles. The number of hydrogen-bond donors (Lipinski definition) is 1. The molecule has 1 atom stereocenters. The van der Waals surface area contributed by atoms with Crippen molar-refractivity contribution in [2.75, 3.05) is 0 Å². The van der Waals surface area contributed by atoms with E-state index in [0.717, 1.165) is 10.7 Å². The first-order valence-corrected chi connectivity index (χ1v) is 6.23. The molecular weight excluding hydrogens is 237 g/mol. The summed E-state index contributed by atoms with van der Waals surface area (Å²) in [5, 5.41) is 4.36. The summed E-state index contributed by atoms with van der Waals surface area (Å²) < 4.78 is 12.7. The fourth-order valence-corrected chi connectivity index (χ4v) is 2.21. The second kappa shape index (κ2) is 5.33. The van der Waals surface area contributed by atoms with Crippen LogP contribution in [0.2, 0.25) is 0 Å². The van der Waals surface area contributed by atoms with E-state index in [1.54, 1.807) is 17.4 Å². The second-order valence-electron chi connectivity index (χ2n) is 3.87. The number of aromatic nitrogens is 2. The van der Waals surface area contributed by atoms with Crippen LogP contribution in [-0.2, 0) is 6.54 Å². The monoisotopic (exact) mass is 251 g/mol. The number of thiazole rings is 1. The Hall–Kier alpha value is -1.33. The molecule has 2 aromatic heterocycles. The number of nitrogens with one attached hydrogen (secondary N) is 1. The predicted molar refractivity (Wildman–Crippen MR) is 66.3 cm³/mol. The van der Waals surface area contributed by atoms with Gasteiger partial charge < -0.3 is 5.32 Å². The van der Waals surface area contributed by atoms with Crippen molar-refractivity contribution < 1.29 is 4.39 Å². The Morgan fingerprint density at radius 2 is 2.18 bits per heavy atom. The maximum absolute atomic E-state index is 12.7. The standard InChI is InChI=1S/C12H14FN3S/c1-8-5-16-12(17-8)7-14-9(2)11-4-3-10(13)6-15-11/h3-6,9,14H,7H2,1-2H3. The van der Waals surface area contributed by atoms with Crippen molar-refractivity contribution in [3.63, 3.8) is 0 Å². The molecule has 5 heteroatoms. The van der Waals surface area contributed by atoms with Gasteiger partial charge in [-0.1, -0.05) is 0 Å². The van der Waals surface area contributed by atoms with Crippen molar-refractivity contribution in [3.8, 4) is 0 Å². The summed E-state index contributed by atoms with van der Waals surface area (Å²) in [4.78, 5) is 9.52. The lowest BCUT2D eigenvalue weighted by molar-refractivity contribution is 0.553. The molecule has 1 unspecified atom stereocenters. The van der Waals surface area contributed by atoms with Crippen LogP contribution in [0.4, 0.5) is 4.39 Å². The SMILES string of the molecule is Cc1cnc(CNC(C)c2ccc(F)cn2)s1. The van der Waals surface area contributed by atoms with Crippen molar-refractivity contribution in [2.24, 2.45) is 0 Å². The van der Waals surface area contributed by atoms with Crippen LogP contribution >= 0.6 is 11.3 Å². The summed E-state index contributed by atoms with van der Waals surface area (Å²) in [5.41, 5.74) is 0.833. The Bertz CT molecular complexity index is 481. The van der Waals surface area contributed by atoms with Crippen LogP contribution in [0.3, 0.4) is 0 Å². The minimum atomic E-state index is -0.309. The lowest BCUT2D eigenvalue weighted by atomic mass is 10.2. The van der Waals surface area contributed by atoms with Gasteiger partial charge in [-0.15, -0.1) is 11.3 Å². The molecule has 0 fully saturated rings. The Kier molecular flexibility index (Phi) is 3.81. The number of hydrogen-bond acceptors (Lipinski definition) is 4. The third-order valence-electron chi connectivity index (χ3n) is 2.42. The van der Waals surface area contributed by atoms with Gasteiger partial charge in [0.2, 0.25) is 0 Å². The molecule has 2 heterocycles. The van der Waals surface area contributed by atoms with Gasteiger partial charge in [0.1, 0.15) is 10.8 Å².